The molecule has 1 aromatic carbocycles. The van der Waals surface area contributed by atoms with Gasteiger partial charge in [-0.05, 0) is 30.0 Å². The van der Waals surface area contributed by atoms with Gasteiger partial charge in [-0.2, -0.15) is 23.3 Å². The van der Waals surface area contributed by atoms with Gasteiger partial charge in [-0.15, -0.1) is 11.8 Å². The fourth-order valence-corrected chi connectivity index (χ4v) is 4.85. The standard InChI is InChI=1S/C19H17F3N4O3S3/c1-4-32(28,29)14-9-12(11-5-7-13(30-3)8-6-11)10-23-15(14)16(27)24-18-26(2)25-17(31-18)19(20,21)22/h5-10H,4H2,1-3H3. The molecule has 0 N–H and O–H groups in total. The normalized spacial score (nSPS) is 12.9. The zero-order valence-corrected chi connectivity index (χ0v) is 19.5. The molecule has 2 aromatic heterocycles. The lowest BCUT2D eigenvalue weighted by molar-refractivity contribution is -0.138. The van der Waals surface area contributed by atoms with Gasteiger partial charge in [0.1, 0.15) is 5.69 Å². The average Bonchev–Trinajstić information content (AvgIpc) is 3.14. The number of thioether (sulfide) groups is 1. The summed E-state index contributed by atoms with van der Waals surface area (Å²) in [6.45, 7) is 1.42. The first-order valence-corrected chi connectivity index (χ1v) is 12.7. The van der Waals surface area contributed by atoms with Gasteiger partial charge in [0, 0.05) is 23.7 Å². The molecule has 0 aliphatic heterocycles. The van der Waals surface area contributed by atoms with Crippen LogP contribution in [0.5, 0.6) is 0 Å². The second kappa shape index (κ2) is 9.16. The van der Waals surface area contributed by atoms with Crippen molar-refractivity contribution in [3.8, 4) is 11.1 Å². The molecule has 13 heteroatoms. The van der Waals surface area contributed by atoms with Crippen molar-refractivity contribution >= 4 is 38.8 Å². The molecule has 1 amide bonds. The van der Waals surface area contributed by atoms with Crippen LogP contribution < -0.4 is 4.80 Å². The molecule has 3 rings (SSSR count). The van der Waals surface area contributed by atoms with Gasteiger partial charge in [-0.1, -0.05) is 30.4 Å². The molecule has 32 heavy (non-hydrogen) atoms. The summed E-state index contributed by atoms with van der Waals surface area (Å²) in [5, 5.41) is 2.13. The Labute approximate surface area is 190 Å². The van der Waals surface area contributed by atoms with Crippen molar-refractivity contribution in [2.45, 2.75) is 22.9 Å². The van der Waals surface area contributed by atoms with E-state index < -0.39 is 32.6 Å². The summed E-state index contributed by atoms with van der Waals surface area (Å²) in [5.74, 6) is -1.37. The Morgan fingerprint density at radius 1 is 1.22 bits per heavy atom. The smallest absolute Gasteiger partial charge is 0.265 e. The lowest BCUT2D eigenvalue weighted by Crippen LogP contribution is -2.17. The number of sulfone groups is 1. The Balaban J connectivity index is 2.11. The monoisotopic (exact) mass is 502 g/mol. The van der Waals surface area contributed by atoms with E-state index in [9.17, 15) is 26.4 Å². The first kappa shape index (κ1) is 24.1. The van der Waals surface area contributed by atoms with Crippen molar-refractivity contribution in [1.29, 1.82) is 0 Å². The summed E-state index contributed by atoms with van der Waals surface area (Å²) in [5.41, 5.74) is 0.713. The molecule has 0 unspecified atom stereocenters. The second-order valence-corrected chi connectivity index (χ2v) is 10.5. The number of carbonyl (C=O) groups is 1. The van der Waals surface area contributed by atoms with Crippen molar-refractivity contribution in [3.63, 3.8) is 0 Å². The van der Waals surface area contributed by atoms with Crippen LogP contribution in [0.1, 0.15) is 22.4 Å². The van der Waals surface area contributed by atoms with E-state index in [0.29, 0.717) is 11.1 Å². The van der Waals surface area contributed by atoms with Crippen LogP contribution in [0.15, 0.2) is 51.3 Å². The van der Waals surface area contributed by atoms with Crippen molar-refractivity contribution in [2.75, 3.05) is 12.0 Å². The van der Waals surface area contributed by atoms with E-state index in [0.717, 1.165) is 9.58 Å². The minimum Gasteiger partial charge on any atom is -0.265 e. The molecule has 7 nitrogen and oxygen atoms in total. The molecule has 0 bridgehead atoms. The van der Waals surface area contributed by atoms with Crippen molar-refractivity contribution in [3.05, 3.63) is 52.0 Å². The summed E-state index contributed by atoms with van der Waals surface area (Å²) < 4.78 is 64.8. The van der Waals surface area contributed by atoms with Crippen LogP contribution in [0, 0.1) is 0 Å². The minimum atomic E-state index is -4.69. The van der Waals surface area contributed by atoms with Crippen molar-refractivity contribution < 1.29 is 26.4 Å². The number of carbonyl (C=O) groups excluding carboxylic acids is 1. The SMILES string of the molecule is CCS(=O)(=O)c1cc(-c2ccc(SC)cc2)cnc1C(=O)N=c1sc(C(F)(F)F)nn1C. The van der Waals surface area contributed by atoms with Gasteiger partial charge >= 0.3 is 6.18 Å². The van der Waals surface area contributed by atoms with E-state index >= 15 is 0 Å². The zero-order chi connectivity index (χ0) is 23.7. The summed E-state index contributed by atoms with van der Waals surface area (Å²) >= 11 is 1.72. The summed E-state index contributed by atoms with van der Waals surface area (Å²) in [6, 6.07) is 8.66. The van der Waals surface area contributed by atoms with Gasteiger partial charge < -0.3 is 0 Å². The molecular weight excluding hydrogens is 485 g/mol. The van der Waals surface area contributed by atoms with E-state index in [2.05, 4.69) is 15.1 Å². The van der Waals surface area contributed by atoms with Crippen LogP contribution in [0.3, 0.4) is 0 Å². The average molecular weight is 503 g/mol. The van der Waals surface area contributed by atoms with Crippen LogP contribution in [0.4, 0.5) is 13.2 Å². The number of pyridine rings is 1. The van der Waals surface area contributed by atoms with Gasteiger partial charge in [0.05, 0.1) is 10.6 Å². The molecule has 2 heterocycles. The quantitative estimate of drug-likeness (QED) is 0.493. The molecule has 0 aliphatic rings. The number of nitrogens with zero attached hydrogens (tertiary/aromatic N) is 4. The highest BCUT2D eigenvalue weighted by molar-refractivity contribution is 7.98. The van der Waals surface area contributed by atoms with Crippen LogP contribution in [-0.4, -0.2) is 41.1 Å². The number of aromatic nitrogens is 3. The van der Waals surface area contributed by atoms with Crippen molar-refractivity contribution in [1.82, 2.24) is 14.8 Å². The third-order valence-corrected chi connectivity index (χ3v) is 7.87. The van der Waals surface area contributed by atoms with E-state index in [4.69, 9.17) is 0 Å². The predicted octanol–water partition coefficient (Wildman–Crippen LogP) is 3.82. The Hall–Kier alpha value is -2.51. The maximum atomic E-state index is 12.9. The van der Waals surface area contributed by atoms with Crippen LogP contribution in [0.2, 0.25) is 0 Å². The number of alkyl halides is 3. The molecule has 0 atom stereocenters. The molecule has 0 aliphatic carbocycles. The maximum absolute atomic E-state index is 12.9. The number of hydrogen-bond donors (Lipinski definition) is 0. The first-order valence-electron chi connectivity index (χ1n) is 9.04. The van der Waals surface area contributed by atoms with Crippen molar-refractivity contribution in [2.24, 2.45) is 12.0 Å². The predicted molar refractivity (Wildman–Crippen MR) is 115 cm³/mol. The highest BCUT2D eigenvalue weighted by atomic mass is 32.2. The Bertz CT molecular complexity index is 1330. The Morgan fingerprint density at radius 3 is 2.41 bits per heavy atom. The molecule has 3 aromatic rings. The third-order valence-electron chi connectivity index (χ3n) is 4.34. The van der Waals surface area contributed by atoms with E-state index in [-0.39, 0.29) is 26.8 Å². The topological polar surface area (TPSA) is 94.3 Å². The summed E-state index contributed by atoms with van der Waals surface area (Å²) in [4.78, 5) is 20.7. The van der Waals surface area contributed by atoms with E-state index in [1.165, 1.54) is 26.2 Å². The number of rotatable bonds is 5. The van der Waals surface area contributed by atoms with Gasteiger partial charge in [-0.3, -0.25) is 4.79 Å². The zero-order valence-electron chi connectivity index (χ0n) is 17.0. The fraction of sp³-hybridized carbons (Fsp3) is 0.263. The van der Waals surface area contributed by atoms with Gasteiger partial charge in [0.2, 0.25) is 9.81 Å². The fourth-order valence-electron chi connectivity index (χ4n) is 2.64. The summed E-state index contributed by atoms with van der Waals surface area (Å²) in [7, 11) is -2.68. The lowest BCUT2D eigenvalue weighted by Gasteiger charge is -2.09. The number of hydrogen-bond acceptors (Lipinski definition) is 7. The van der Waals surface area contributed by atoms with Crippen LogP contribution in [-0.2, 0) is 23.1 Å². The molecule has 0 radical (unpaired) electrons. The number of aryl methyl sites for hydroxylation is 1. The molecule has 170 valence electrons. The number of benzene rings is 1. The van der Waals surface area contributed by atoms with E-state index in [1.807, 2.05) is 18.4 Å². The van der Waals surface area contributed by atoms with Crippen LogP contribution >= 0.6 is 23.1 Å². The highest BCUT2D eigenvalue weighted by Gasteiger charge is 2.35. The van der Waals surface area contributed by atoms with Crippen LogP contribution in [0.25, 0.3) is 11.1 Å². The van der Waals surface area contributed by atoms with Gasteiger partial charge in [0.25, 0.3) is 5.91 Å². The van der Waals surface area contributed by atoms with E-state index in [1.54, 1.807) is 23.9 Å². The molecule has 0 saturated heterocycles. The largest absolute Gasteiger partial charge is 0.445 e. The first-order chi connectivity index (χ1) is 15.0. The Morgan fingerprint density at radius 2 is 1.88 bits per heavy atom. The molecule has 0 saturated carbocycles. The molecule has 0 spiro atoms. The number of halogens is 3. The summed E-state index contributed by atoms with van der Waals surface area (Å²) in [6.07, 6.45) is -1.44. The Kier molecular flexibility index (Phi) is 6.91. The third kappa shape index (κ3) is 5.10. The number of amides is 1. The van der Waals surface area contributed by atoms with Gasteiger partial charge in [-0.25, -0.2) is 18.1 Å². The molecular formula is C19H17F3N4O3S3. The van der Waals surface area contributed by atoms with Gasteiger partial charge in [0.15, 0.2) is 9.84 Å². The second-order valence-electron chi connectivity index (χ2n) is 6.43. The minimum absolute atomic E-state index is 0.172. The highest BCUT2D eigenvalue weighted by Crippen LogP contribution is 2.29. The lowest BCUT2D eigenvalue weighted by atomic mass is 10.1. The molecule has 0 fully saturated rings. The maximum Gasteiger partial charge on any atom is 0.445 e.